The van der Waals surface area contributed by atoms with Crippen molar-refractivity contribution in [3.63, 3.8) is 0 Å². The van der Waals surface area contributed by atoms with Crippen LogP contribution in [0.25, 0.3) is 0 Å². The van der Waals surface area contributed by atoms with Crippen molar-refractivity contribution >= 4 is 31.6 Å². The maximum atomic E-state index is 13.1. The Morgan fingerprint density at radius 3 is 2.41 bits per heavy atom. The fraction of sp³-hybridized carbons (Fsp3) is 0.458. The van der Waals surface area contributed by atoms with Crippen molar-refractivity contribution in [3.8, 4) is 0 Å². The van der Waals surface area contributed by atoms with Crippen LogP contribution in [0.1, 0.15) is 62.7 Å². The molecule has 2 aromatic carbocycles. The quantitative estimate of drug-likeness (QED) is 0.473. The van der Waals surface area contributed by atoms with Crippen molar-refractivity contribution in [2.45, 2.75) is 68.2 Å². The maximum absolute atomic E-state index is 13.1. The molecule has 10 heteroatoms. The minimum atomic E-state index is -3.70. The van der Waals surface area contributed by atoms with E-state index in [1.807, 2.05) is 13.8 Å². The topological polar surface area (TPSA) is 113 Å². The van der Waals surface area contributed by atoms with Crippen LogP contribution in [-0.2, 0) is 20.0 Å². The molecule has 34 heavy (non-hydrogen) atoms. The van der Waals surface area contributed by atoms with Gasteiger partial charge in [0, 0.05) is 30.4 Å². The van der Waals surface area contributed by atoms with E-state index in [1.54, 1.807) is 16.4 Å². The number of nitrogens with zero attached hydrogens (tertiary/aromatic N) is 1. The number of hydrogen-bond acceptors (Lipinski definition) is 5. The van der Waals surface area contributed by atoms with Gasteiger partial charge in [-0.05, 0) is 68.1 Å². The molecular formula is C24H33N3O5S2. The molecule has 1 saturated heterocycles. The average Bonchev–Trinajstić information content (AvgIpc) is 2.84. The molecule has 1 atom stereocenters. The van der Waals surface area contributed by atoms with Gasteiger partial charge in [0.15, 0.2) is 0 Å². The van der Waals surface area contributed by atoms with Gasteiger partial charge in [-0.3, -0.25) is 4.79 Å². The standard InChI is InChI=1S/C24H33N3O5S2/c1-3-5-16-25-33(29,30)23-11-8-9-19(18-23)24(28)26-20-12-14-22(15-13-20)34(31,32)27-17-7-6-10-21(27)4-2/h8-9,11-15,18,21,25H,3-7,10,16-17H2,1-2H3,(H,26,28). The highest BCUT2D eigenvalue weighted by molar-refractivity contribution is 7.89. The van der Waals surface area contributed by atoms with E-state index >= 15 is 0 Å². The van der Waals surface area contributed by atoms with Crippen LogP contribution in [0.3, 0.4) is 0 Å². The van der Waals surface area contributed by atoms with Crippen molar-refractivity contribution in [2.75, 3.05) is 18.4 Å². The summed E-state index contributed by atoms with van der Waals surface area (Å²) in [5.41, 5.74) is 0.609. The smallest absolute Gasteiger partial charge is 0.255 e. The third-order valence-corrected chi connectivity index (χ3v) is 9.42. The molecule has 1 fully saturated rings. The molecule has 0 spiro atoms. The predicted octanol–water partition coefficient (Wildman–Crippen LogP) is 3.97. The van der Waals surface area contributed by atoms with Gasteiger partial charge < -0.3 is 5.32 Å². The molecule has 1 heterocycles. The number of anilines is 1. The highest BCUT2D eigenvalue weighted by atomic mass is 32.2. The Morgan fingerprint density at radius 2 is 1.74 bits per heavy atom. The second-order valence-electron chi connectivity index (χ2n) is 8.43. The molecule has 0 saturated carbocycles. The van der Waals surface area contributed by atoms with Crippen molar-refractivity contribution in [1.82, 2.24) is 9.03 Å². The van der Waals surface area contributed by atoms with Gasteiger partial charge in [0.2, 0.25) is 20.0 Å². The Labute approximate surface area is 202 Å². The first-order chi connectivity index (χ1) is 16.2. The number of sulfonamides is 2. The van der Waals surface area contributed by atoms with Crippen LogP contribution in [0.4, 0.5) is 5.69 Å². The van der Waals surface area contributed by atoms with Gasteiger partial charge in [0.25, 0.3) is 5.91 Å². The first-order valence-electron chi connectivity index (χ1n) is 11.7. The van der Waals surface area contributed by atoms with E-state index in [1.165, 1.54) is 36.4 Å². The Kier molecular flexibility index (Phi) is 8.86. The SMILES string of the molecule is CCCCNS(=O)(=O)c1cccc(C(=O)Nc2ccc(S(=O)(=O)N3CCCCC3CC)cc2)c1. The second-order valence-corrected chi connectivity index (χ2v) is 12.1. The molecular weight excluding hydrogens is 474 g/mol. The van der Waals surface area contributed by atoms with Crippen molar-refractivity contribution in [2.24, 2.45) is 0 Å². The Bertz CT molecular complexity index is 1200. The largest absolute Gasteiger partial charge is 0.322 e. The number of nitrogens with one attached hydrogen (secondary N) is 2. The molecule has 2 N–H and O–H groups in total. The lowest BCUT2D eigenvalue weighted by molar-refractivity contribution is 0.102. The Balaban J connectivity index is 1.72. The zero-order valence-corrected chi connectivity index (χ0v) is 21.3. The number of rotatable bonds is 10. The summed E-state index contributed by atoms with van der Waals surface area (Å²) in [5.74, 6) is -0.483. The first-order valence-corrected chi connectivity index (χ1v) is 14.6. The lowest BCUT2D eigenvalue weighted by atomic mass is 10.0. The summed E-state index contributed by atoms with van der Waals surface area (Å²) in [6.45, 7) is 4.82. The molecule has 1 amide bonds. The summed E-state index contributed by atoms with van der Waals surface area (Å²) in [4.78, 5) is 12.9. The highest BCUT2D eigenvalue weighted by Gasteiger charge is 2.32. The van der Waals surface area contributed by atoms with Crippen LogP contribution in [0.5, 0.6) is 0 Å². The molecule has 0 bridgehead atoms. The van der Waals surface area contributed by atoms with Gasteiger partial charge in [-0.2, -0.15) is 4.31 Å². The van der Waals surface area contributed by atoms with Gasteiger partial charge in [0.05, 0.1) is 9.79 Å². The average molecular weight is 508 g/mol. The second kappa shape index (κ2) is 11.4. The fourth-order valence-electron chi connectivity index (χ4n) is 4.02. The fourth-order valence-corrected chi connectivity index (χ4v) is 6.91. The van der Waals surface area contributed by atoms with Crippen LogP contribution in [0, 0.1) is 0 Å². The van der Waals surface area contributed by atoms with Crippen LogP contribution >= 0.6 is 0 Å². The summed E-state index contributed by atoms with van der Waals surface area (Å²) >= 11 is 0. The van der Waals surface area contributed by atoms with E-state index in [0.717, 1.165) is 38.5 Å². The van der Waals surface area contributed by atoms with Crippen molar-refractivity contribution in [1.29, 1.82) is 0 Å². The Morgan fingerprint density at radius 1 is 1.00 bits per heavy atom. The van der Waals surface area contributed by atoms with Gasteiger partial charge in [-0.1, -0.05) is 32.8 Å². The van der Waals surface area contributed by atoms with E-state index < -0.39 is 26.0 Å². The Hall–Kier alpha value is -2.27. The molecule has 0 radical (unpaired) electrons. The molecule has 1 aliphatic rings. The number of carbonyl (C=O) groups is 1. The zero-order valence-electron chi connectivity index (χ0n) is 19.7. The molecule has 186 valence electrons. The van der Waals surface area contributed by atoms with E-state index in [2.05, 4.69) is 10.0 Å². The normalized spacial score (nSPS) is 17.4. The summed E-state index contributed by atoms with van der Waals surface area (Å²) in [5, 5.41) is 2.70. The molecule has 1 unspecified atom stereocenters. The number of amides is 1. The molecule has 1 aliphatic heterocycles. The number of unbranched alkanes of at least 4 members (excludes halogenated alkanes) is 1. The number of benzene rings is 2. The third-order valence-electron chi connectivity index (χ3n) is 5.99. The highest BCUT2D eigenvalue weighted by Crippen LogP contribution is 2.27. The minimum absolute atomic E-state index is 0.0122. The van der Waals surface area contributed by atoms with E-state index in [4.69, 9.17) is 0 Å². The van der Waals surface area contributed by atoms with E-state index in [-0.39, 0.29) is 21.4 Å². The number of hydrogen-bond donors (Lipinski definition) is 2. The lowest BCUT2D eigenvalue weighted by Gasteiger charge is -2.34. The van der Waals surface area contributed by atoms with Gasteiger partial charge >= 0.3 is 0 Å². The van der Waals surface area contributed by atoms with E-state index in [9.17, 15) is 21.6 Å². The first kappa shape index (κ1) is 26.3. The summed E-state index contributed by atoms with van der Waals surface area (Å²) in [6, 6.07) is 11.9. The molecule has 2 aromatic rings. The van der Waals surface area contributed by atoms with Gasteiger partial charge in [-0.15, -0.1) is 0 Å². The lowest BCUT2D eigenvalue weighted by Crippen LogP contribution is -2.43. The molecule has 0 aliphatic carbocycles. The van der Waals surface area contributed by atoms with Crippen LogP contribution in [0.2, 0.25) is 0 Å². The number of carbonyl (C=O) groups excluding carboxylic acids is 1. The van der Waals surface area contributed by atoms with Crippen LogP contribution in [-0.4, -0.2) is 46.2 Å². The maximum Gasteiger partial charge on any atom is 0.255 e. The van der Waals surface area contributed by atoms with Crippen LogP contribution in [0.15, 0.2) is 58.3 Å². The zero-order chi connectivity index (χ0) is 24.8. The van der Waals surface area contributed by atoms with Crippen molar-refractivity contribution in [3.05, 3.63) is 54.1 Å². The summed E-state index contributed by atoms with van der Waals surface area (Å²) in [7, 11) is -7.31. The van der Waals surface area contributed by atoms with Gasteiger partial charge in [-0.25, -0.2) is 21.6 Å². The molecule has 0 aromatic heterocycles. The monoisotopic (exact) mass is 507 g/mol. The van der Waals surface area contributed by atoms with Crippen molar-refractivity contribution < 1.29 is 21.6 Å². The predicted molar refractivity (Wildman–Crippen MR) is 133 cm³/mol. The third kappa shape index (κ3) is 6.24. The minimum Gasteiger partial charge on any atom is -0.322 e. The van der Waals surface area contributed by atoms with Crippen LogP contribution < -0.4 is 10.0 Å². The molecule has 3 rings (SSSR count). The summed E-state index contributed by atoms with van der Waals surface area (Å²) < 4.78 is 55.2. The van der Waals surface area contributed by atoms with E-state index in [0.29, 0.717) is 18.8 Å². The van der Waals surface area contributed by atoms with Gasteiger partial charge in [0.1, 0.15) is 0 Å². The summed E-state index contributed by atoms with van der Waals surface area (Å²) in [6.07, 6.45) is 5.12. The molecule has 8 nitrogen and oxygen atoms in total. The number of piperidine rings is 1.